The van der Waals surface area contributed by atoms with E-state index in [4.69, 9.17) is 4.74 Å². The number of ether oxygens (including phenoxy) is 1. The number of amides is 2. The Balaban J connectivity index is 1.87. The lowest BCUT2D eigenvalue weighted by Gasteiger charge is -2.32. The van der Waals surface area contributed by atoms with E-state index in [-0.39, 0.29) is 19.0 Å². The molecule has 0 spiro atoms. The zero-order chi connectivity index (χ0) is 26.8. The summed E-state index contributed by atoms with van der Waals surface area (Å²) in [6.07, 6.45) is 1.64. The number of methoxy groups -OCH3 is 1. The first-order valence-corrected chi connectivity index (χ1v) is 13.7. The molecular formula is C28H33N3O5S. The minimum atomic E-state index is -3.59. The molecule has 8 nitrogen and oxygen atoms in total. The van der Waals surface area contributed by atoms with Crippen molar-refractivity contribution in [1.82, 2.24) is 14.5 Å². The number of likely N-dealkylation sites (N-methyl/N-ethyl adjacent to an activating group) is 1. The van der Waals surface area contributed by atoms with Crippen LogP contribution in [-0.4, -0.2) is 62.9 Å². The van der Waals surface area contributed by atoms with E-state index in [2.05, 4.69) is 5.32 Å². The third kappa shape index (κ3) is 8.16. The fraction of sp³-hybridized carbons (Fsp3) is 0.286. The van der Waals surface area contributed by atoms with Gasteiger partial charge in [-0.1, -0.05) is 72.8 Å². The fourth-order valence-electron chi connectivity index (χ4n) is 3.83. The Morgan fingerprint density at radius 1 is 0.892 bits per heavy atom. The molecule has 0 aliphatic rings. The predicted molar refractivity (Wildman–Crippen MR) is 143 cm³/mol. The molecule has 3 aromatic carbocycles. The summed E-state index contributed by atoms with van der Waals surface area (Å²) in [6, 6.07) is 25.0. The van der Waals surface area contributed by atoms with Gasteiger partial charge in [-0.15, -0.1) is 0 Å². The lowest BCUT2D eigenvalue weighted by molar-refractivity contribution is -0.141. The minimum absolute atomic E-state index is 0.142. The normalized spacial score (nSPS) is 12.1. The summed E-state index contributed by atoms with van der Waals surface area (Å²) < 4.78 is 30.2. The summed E-state index contributed by atoms with van der Waals surface area (Å²) in [5.41, 5.74) is 2.49. The average Bonchev–Trinajstić information content (AvgIpc) is 2.89. The Bertz CT molecular complexity index is 1270. The van der Waals surface area contributed by atoms with Crippen LogP contribution in [0.1, 0.15) is 22.7 Å². The summed E-state index contributed by atoms with van der Waals surface area (Å²) in [5, 5.41) is 2.97. The number of carbonyl (C=O) groups excluding carboxylic acids is 2. The Morgan fingerprint density at radius 2 is 1.49 bits per heavy atom. The number of hydrogen-bond donors (Lipinski definition) is 1. The molecule has 0 aliphatic carbocycles. The molecule has 0 aromatic heterocycles. The number of nitrogens with zero attached hydrogens (tertiary/aromatic N) is 2. The summed E-state index contributed by atoms with van der Waals surface area (Å²) in [7, 11) is -0.635. The van der Waals surface area contributed by atoms with Crippen molar-refractivity contribution in [3.8, 4) is 5.75 Å². The molecule has 3 rings (SSSR count). The zero-order valence-corrected chi connectivity index (χ0v) is 22.1. The second kappa shape index (κ2) is 13.0. The summed E-state index contributed by atoms with van der Waals surface area (Å²) >= 11 is 0. The number of nitrogens with one attached hydrogen (secondary N) is 1. The van der Waals surface area contributed by atoms with Gasteiger partial charge in [-0.05, 0) is 35.2 Å². The van der Waals surface area contributed by atoms with Gasteiger partial charge >= 0.3 is 0 Å². The Kier molecular flexibility index (Phi) is 9.82. The van der Waals surface area contributed by atoms with Gasteiger partial charge in [0.25, 0.3) is 0 Å². The standard InChI is InChI=1S/C28H33N3O5S/c1-30(37(3,34)35)21-26(32)31(20-23-10-6-4-7-11-23)27(24-12-8-5-9-13-24)28(33)29-19-18-22-14-16-25(36-2)17-15-22/h4-17,27H,18-21H2,1-3H3,(H,29,33)/t27-/m1/s1. The second-order valence-corrected chi connectivity index (χ2v) is 10.8. The van der Waals surface area contributed by atoms with Gasteiger partial charge in [0.1, 0.15) is 11.8 Å². The molecule has 0 radical (unpaired) electrons. The van der Waals surface area contributed by atoms with Crippen LogP contribution in [0.4, 0.5) is 0 Å². The third-order valence-electron chi connectivity index (χ3n) is 5.99. The monoisotopic (exact) mass is 523 g/mol. The zero-order valence-electron chi connectivity index (χ0n) is 21.3. The lowest BCUT2D eigenvalue weighted by Crippen LogP contribution is -2.47. The smallest absolute Gasteiger partial charge is 0.247 e. The second-order valence-electron chi connectivity index (χ2n) is 8.73. The molecule has 0 aliphatic heterocycles. The first kappa shape index (κ1) is 27.9. The molecule has 9 heteroatoms. The van der Waals surface area contributed by atoms with Crippen molar-refractivity contribution in [2.45, 2.75) is 19.0 Å². The molecule has 0 bridgehead atoms. The average molecular weight is 524 g/mol. The molecule has 1 N–H and O–H groups in total. The van der Waals surface area contributed by atoms with Crippen molar-refractivity contribution in [2.24, 2.45) is 0 Å². The Labute approximate surface area is 218 Å². The van der Waals surface area contributed by atoms with Gasteiger partial charge < -0.3 is 15.0 Å². The van der Waals surface area contributed by atoms with Gasteiger partial charge in [-0.3, -0.25) is 9.59 Å². The number of carbonyl (C=O) groups is 2. The molecule has 0 heterocycles. The molecule has 0 saturated heterocycles. The highest BCUT2D eigenvalue weighted by atomic mass is 32.2. The summed E-state index contributed by atoms with van der Waals surface area (Å²) in [5.74, 6) is -0.0620. The van der Waals surface area contributed by atoms with Crippen molar-refractivity contribution < 1.29 is 22.7 Å². The van der Waals surface area contributed by atoms with E-state index in [0.717, 1.165) is 27.4 Å². The van der Waals surface area contributed by atoms with Crippen LogP contribution < -0.4 is 10.1 Å². The van der Waals surface area contributed by atoms with E-state index in [9.17, 15) is 18.0 Å². The van der Waals surface area contributed by atoms with Gasteiger partial charge in [-0.25, -0.2) is 8.42 Å². The van der Waals surface area contributed by atoms with Crippen LogP contribution in [0.15, 0.2) is 84.9 Å². The maximum atomic E-state index is 13.6. The van der Waals surface area contributed by atoms with Gasteiger partial charge in [-0.2, -0.15) is 4.31 Å². The molecule has 1 atom stereocenters. The quantitative estimate of drug-likeness (QED) is 0.394. The van der Waals surface area contributed by atoms with Crippen molar-refractivity contribution in [1.29, 1.82) is 0 Å². The lowest BCUT2D eigenvalue weighted by atomic mass is 10.0. The Hall–Kier alpha value is -3.69. The van der Waals surface area contributed by atoms with Crippen LogP contribution in [0.2, 0.25) is 0 Å². The predicted octanol–water partition coefficient (Wildman–Crippen LogP) is 3.02. The Morgan fingerprint density at radius 3 is 2.05 bits per heavy atom. The number of rotatable bonds is 12. The first-order chi connectivity index (χ1) is 17.7. The van der Waals surface area contributed by atoms with Crippen LogP contribution in [0.5, 0.6) is 5.75 Å². The number of hydrogen-bond acceptors (Lipinski definition) is 5. The number of benzene rings is 3. The van der Waals surface area contributed by atoms with E-state index in [1.165, 1.54) is 11.9 Å². The highest BCUT2D eigenvalue weighted by molar-refractivity contribution is 7.88. The summed E-state index contributed by atoms with van der Waals surface area (Å²) in [6.45, 7) is 0.127. The van der Waals surface area contributed by atoms with Crippen molar-refractivity contribution >= 4 is 21.8 Å². The first-order valence-electron chi connectivity index (χ1n) is 11.9. The minimum Gasteiger partial charge on any atom is -0.497 e. The van der Waals surface area contributed by atoms with Crippen LogP contribution in [0.3, 0.4) is 0 Å². The van der Waals surface area contributed by atoms with Crippen LogP contribution in [0, 0.1) is 0 Å². The highest BCUT2D eigenvalue weighted by Crippen LogP contribution is 2.24. The molecular weight excluding hydrogens is 490 g/mol. The molecule has 196 valence electrons. The van der Waals surface area contributed by atoms with E-state index < -0.39 is 22.0 Å². The highest BCUT2D eigenvalue weighted by Gasteiger charge is 2.32. The van der Waals surface area contributed by atoms with Gasteiger partial charge in [0.2, 0.25) is 21.8 Å². The van der Waals surface area contributed by atoms with E-state index in [1.54, 1.807) is 31.4 Å². The molecule has 0 unspecified atom stereocenters. The third-order valence-corrected chi connectivity index (χ3v) is 7.25. The molecule has 0 fully saturated rings. The van der Waals surface area contributed by atoms with Crippen LogP contribution in [0.25, 0.3) is 0 Å². The van der Waals surface area contributed by atoms with E-state index in [1.807, 2.05) is 60.7 Å². The maximum absolute atomic E-state index is 13.6. The van der Waals surface area contributed by atoms with Crippen molar-refractivity contribution in [3.63, 3.8) is 0 Å². The van der Waals surface area contributed by atoms with Crippen molar-refractivity contribution in [2.75, 3.05) is 33.5 Å². The molecule has 37 heavy (non-hydrogen) atoms. The van der Waals surface area contributed by atoms with Gasteiger partial charge in [0.15, 0.2) is 0 Å². The van der Waals surface area contributed by atoms with E-state index in [0.29, 0.717) is 18.5 Å². The molecule has 2 amide bonds. The van der Waals surface area contributed by atoms with Crippen LogP contribution in [-0.2, 0) is 32.6 Å². The summed E-state index contributed by atoms with van der Waals surface area (Å²) in [4.78, 5) is 28.5. The van der Waals surface area contributed by atoms with Crippen LogP contribution >= 0.6 is 0 Å². The topological polar surface area (TPSA) is 96.0 Å². The largest absolute Gasteiger partial charge is 0.497 e. The fourth-order valence-corrected chi connectivity index (χ4v) is 4.17. The molecule has 3 aromatic rings. The SMILES string of the molecule is COc1ccc(CCNC(=O)[C@@H](c2ccccc2)N(Cc2ccccc2)C(=O)CN(C)S(C)(=O)=O)cc1. The van der Waals surface area contributed by atoms with Gasteiger partial charge in [0.05, 0.1) is 19.9 Å². The van der Waals surface area contributed by atoms with Crippen molar-refractivity contribution in [3.05, 3.63) is 102 Å². The van der Waals surface area contributed by atoms with E-state index >= 15 is 0 Å². The van der Waals surface area contributed by atoms with Gasteiger partial charge in [0, 0.05) is 20.1 Å². The molecule has 0 saturated carbocycles. The maximum Gasteiger partial charge on any atom is 0.247 e. The number of sulfonamides is 1.